The van der Waals surface area contributed by atoms with E-state index in [0.717, 1.165) is 47.9 Å². The number of methoxy groups -OCH3 is 2. The lowest BCUT2D eigenvalue weighted by Crippen LogP contribution is -2.43. The molecule has 7 nitrogen and oxygen atoms in total. The van der Waals surface area contributed by atoms with Crippen molar-refractivity contribution in [3.63, 3.8) is 0 Å². The molecule has 3 heterocycles. The maximum atomic E-state index is 6.44. The summed E-state index contributed by atoms with van der Waals surface area (Å²) in [7, 11) is 3.37. The van der Waals surface area contributed by atoms with Crippen LogP contribution in [0, 0.1) is 6.92 Å². The average molecular weight is 528 g/mol. The number of hydrogen-bond donors (Lipinski definition) is 1. The van der Waals surface area contributed by atoms with Crippen molar-refractivity contribution in [2.45, 2.75) is 23.3 Å². The molecule has 0 bridgehead atoms. The Labute approximate surface area is 188 Å². The van der Waals surface area contributed by atoms with Crippen molar-refractivity contribution < 1.29 is 9.47 Å². The molecule has 1 fully saturated rings. The highest BCUT2D eigenvalue weighted by Crippen LogP contribution is 2.42. The number of nitrogens with zero attached hydrogens (tertiary/aromatic N) is 4. The molecule has 29 heavy (non-hydrogen) atoms. The fraction of sp³-hybridized carbons (Fsp3) is 0.400. The second kappa shape index (κ2) is 8.16. The Bertz CT molecular complexity index is 1040. The highest BCUT2D eigenvalue weighted by Gasteiger charge is 2.41. The van der Waals surface area contributed by atoms with E-state index in [2.05, 4.69) is 44.8 Å². The Morgan fingerprint density at radius 1 is 1.31 bits per heavy atom. The van der Waals surface area contributed by atoms with Gasteiger partial charge in [-0.15, -0.1) is 0 Å². The fourth-order valence-corrected chi connectivity index (χ4v) is 5.19. The number of alkyl halides is 1. The molecule has 4 rings (SSSR count). The summed E-state index contributed by atoms with van der Waals surface area (Å²) in [5.74, 6) is 2.49. The maximum absolute atomic E-state index is 6.44. The molecule has 2 aromatic heterocycles. The Hall–Kier alpha value is -1.78. The lowest BCUT2D eigenvalue weighted by molar-refractivity contribution is 0.175. The molecule has 0 radical (unpaired) electrons. The lowest BCUT2D eigenvalue weighted by atomic mass is 10.2. The van der Waals surface area contributed by atoms with Crippen LogP contribution in [0.5, 0.6) is 5.75 Å². The Balaban J connectivity index is 1.80. The monoisotopic (exact) mass is 527 g/mol. The summed E-state index contributed by atoms with van der Waals surface area (Å²) >= 11 is 8.96. The minimum atomic E-state index is -0.119. The van der Waals surface area contributed by atoms with E-state index in [1.807, 2.05) is 22.7 Å². The second-order valence-electron chi connectivity index (χ2n) is 7.09. The van der Waals surface area contributed by atoms with E-state index in [9.17, 15) is 0 Å². The van der Waals surface area contributed by atoms with E-state index in [1.54, 1.807) is 26.5 Å². The number of nitrogens with one attached hydrogen (secondary N) is 1. The number of hydrogen-bond acceptors (Lipinski definition) is 6. The van der Waals surface area contributed by atoms with Crippen molar-refractivity contribution in [3.05, 3.63) is 41.0 Å². The van der Waals surface area contributed by atoms with Crippen LogP contribution >= 0.6 is 34.2 Å². The van der Waals surface area contributed by atoms with Gasteiger partial charge in [0.1, 0.15) is 20.9 Å². The van der Waals surface area contributed by atoms with Gasteiger partial charge in [0.2, 0.25) is 0 Å². The topological polar surface area (TPSA) is 63.9 Å². The van der Waals surface area contributed by atoms with Gasteiger partial charge in [0.25, 0.3) is 0 Å². The number of halogens is 2. The molecule has 1 N–H and O–H groups in total. The van der Waals surface area contributed by atoms with E-state index in [0.29, 0.717) is 17.4 Å². The molecule has 3 aromatic rings. The number of benzene rings is 1. The molecule has 0 saturated carbocycles. The van der Waals surface area contributed by atoms with Gasteiger partial charge in [-0.3, -0.25) is 0 Å². The highest BCUT2D eigenvalue weighted by atomic mass is 127. The first-order valence-corrected chi connectivity index (χ1v) is 10.8. The van der Waals surface area contributed by atoms with Crippen molar-refractivity contribution >= 4 is 57.2 Å². The molecule has 0 spiro atoms. The third-order valence-corrected chi connectivity index (χ3v) is 6.96. The Morgan fingerprint density at radius 2 is 2.14 bits per heavy atom. The van der Waals surface area contributed by atoms with Crippen molar-refractivity contribution in [3.8, 4) is 5.75 Å². The average Bonchev–Trinajstić information content (AvgIpc) is 3.31. The van der Waals surface area contributed by atoms with Gasteiger partial charge in [0.15, 0.2) is 5.65 Å². The maximum Gasteiger partial charge on any atom is 0.159 e. The van der Waals surface area contributed by atoms with Gasteiger partial charge in [-0.1, -0.05) is 34.2 Å². The zero-order valence-corrected chi connectivity index (χ0v) is 19.5. The van der Waals surface area contributed by atoms with E-state index >= 15 is 0 Å². The zero-order chi connectivity index (χ0) is 20.6. The van der Waals surface area contributed by atoms with E-state index in [1.165, 1.54) is 0 Å². The minimum Gasteiger partial charge on any atom is -0.497 e. The van der Waals surface area contributed by atoms with Crippen LogP contribution < -0.4 is 15.0 Å². The van der Waals surface area contributed by atoms with Crippen LogP contribution in [0.1, 0.15) is 18.4 Å². The molecular formula is C20H23ClIN5O2. The number of rotatable bonds is 6. The number of anilines is 3. The molecule has 1 aromatic carbocycles. The Morgan fingerprint density at radius 3 is 2.86 bits per heavy atom. The van der Waals surface area contributed by atoms with Crippen LogP contribution in [0.15, 0.2) is 30.5 Å². The zero-order valence-electron chi connectivity index (χ0n) is 16.6. The molecule has 9 heteroatoms. The molecule has 1 saturated heterocycles. The smallest absolute Gasteiger partial charge is 0.159 e. The highest BCUT2D eigenvalue weighted by molar-refractivity contribution is 14.1. The van der Waals surface area contributed by atoms with Crippen molar-refractivity contribution in [2.24, 2.45) is 0 Å². The Kier molecular flexibility index (Phi) is 5.76. The molecule has 0 amide bonds. The molecule has 0 unspecified atom stereocenters. The third kappa shape index (κ3) is 3.73. The molecule has 1 aliphatic heterocycles. The van der Waals surface area contributed by atoms with Gasteiger partial charge in [0, 0.05) is 31.4 Å². The first kappa shape index (κ1) is 20.5. The number of fused-ring (bicyclic) bond motifs is 1. The lowest BCUT2D eigenvalue weighted by Gasteiger charge is -2.35. The quantitative estimate of drug-likeness (QED) is 0.282. The van der Waals surface area contributed by atoms with Crippen LogP contribution in [0.25, 0.3) is 5.65 Å². The number of ether oxygens (including phenoxy) is 2. The molecule has 0 aliphatic carbocycles. The standard InChI is InChI=1S/C20H23ClIN5O2/c1-13-18(24-16-6-5-14(29-3)11-15(16)21)25-17-7-9-23-27(17)19(13)26-10-4-8-20(26,22)12-28-2/h5-7,9,11H,4,8,10,12H2,1-3H3,(H,24,25)/t20-/m1/s1. The van der Waals surface area contributed by atoms with Gasteiger partial charge in [0.05, 0.1) is 30.6 Å². The van der Waals surface area contributed by atoms with Crippen LogP contribution in [-0.4, -0.2) is 45.5 Å². The van der Waals surface area contributed by atoms with Gasteiger partial charge in [-0.2, -0.15) is 9.61 Å². The van der Waals surface area contributed by atoms with Crippen LogP contribution in [0.3, 0.4) is 0 Å². The van der Waals surface area contributed by atoms with Crippen molar-refractivity contribution in [1.29, 1.82) is 0 Å². The summed E-state index contributed by atoms with van der Waals surface area (Å²) in [6.45, 7) is 3.64. The van der Waals surface area contributed by atoms with Crippen molar-refractivity contribution in [2.75, 3.05) is 37.6 Å². The van der Waals surface area contributed by atoms with Gasteiger partial charge in [-0.25, -0.2) is 4.98 Å². The predicted octanol–water partition coefficient (Wildman–Crippen LogP) is 4.82. The number of aromatic nitrogens is 3. The summed E-state index contributed by atoms with van der Waals surface area (Å²) < 4.78 is 12.6. The summed E-state index contributed by atoms with van der Waals surface area (Å²) in [5, 5.41) is 8.51. The van der Waals surface area contributed by atoms with Crippen LogP contribution in [0.2, 0.25) is 5.02 Å². The van der Waals surface area contributed by atoms with Gasteiger partial charge >= 0.3 is 0 Å². The first-order chi connectivity index (χ1) is 14.0. The van der Waals surface area contributed by atoms with E-state index < -0.39 is 0 Å². The SMILES string of the molecule is COC[C@@]1(I)CCCN1c1c(C)c(Nc2ccc(OC)cc2Cl)nc2ccnn12. The van der Waals surface area contributed by atoms with Crippen molar-refractivity contribution in [1.82, 2.24) is 14.6 Å². The summed E-state index contributed by atoms with van der Waals surface area (Å²) in [6, 6.07) is 7.46. The van der Waals surface area contributed by atoms with Gasteiger partial charge in [-0.05, 0) is 31.9 Å². The summed E-state index contributed by atoms with van der Waals surface area (Å²) in [6.07, 6.45) is 3.93. The molecular weight excluding hydrogens is 505 g/mol. The molecule has 1 aliphatic rings. The molecule has 1 atom stereocenters. The van der Waals surface area contributed by atoms with Crippen LogP contribution in [-0.2, 0) is 4.74 Å². The van der Waals surface area contributed by atoms with E-state index in [4.69, 9.17) is 26.1 Å². The van der Waals surface area contributed by atoms with Gasteiger partial charge < -0.3 is 19.7 Å². The fourth-order valence-electron chi connectivity index (χ4n) is 3.81. The summed E-state index contributed by atoms with van der Waals surface area (Å²) in [5.41, 5.74) is 2.56. The predicted molar refractivity (Wildman–Crippen MR) is 124 cm³/mol. The normalized spacial score (nSPS) is 19.1. The largest absolute Gasteiger partial charge is 0.497 e. The second-order valence-corrected chi connectivity index (χ2v) is 9.50. The molecule has 154 valence electrons. The minimum absolute atomic E-state index is 0.119. The van der Waals surface area contributed by atoms with E-state index in [-0.39, 0.29) is 3.55 Å². The summed E-state index contributed by atoms with van der Waals surface area (Å²) in [4.78, 5) is 7.16. The van der Waals surface area contributed by atoms with Crippen LogP contribution in [0.4, 0.5) is 17.3 Å². The first-order valence-electron chi connectivity index (χ1n) is 9.37. The third-order valence-electron chi connectivity index (χ3n) is 5.22.